The second kappa shape index (κ2) is 11.2. The van der Waals surface area contributed by atoms with E-state index in [1.165, 1.54) is 17.4 Å². The highest BCUT2D eigenvalue weighted by Crippen LogP contribution is 2.49. The number of nitrogens with one attached hydrogen (secondary N) is 2. The normalized spacial score (nSPS) is 23.0. The van der Waals surface area contributed by atoms with E-state index in [9.17, 15) is 14.4 Å². The van der Waals surface area contributed by atoms with E-state index in [1.807, 2.05) is 0 Å². The average molecular weight is 598 g/mol. The number of thiophene rings is 1. The molecule has 2 aliphatic carbocycles. The topological polar surface area (TPSA) is 188 Å². The number of hydrogen-bond donors (Lipinski definition) is 5. The number of Topliss-reactive ketones (excluding diaryl/α,β-unsaturated/α-hetero) is 1. The zero-order valence-corrected chi connectivity index (χ0v) is 24.0. The fourth-order valence-electron chi connectivity index (χ4n) is 6.05. The molecule has 2 aromatic carbocycles. The van der Waals surface area contributed by atoms with Crippen LogP contribution in [0.25, 0.3) is 10.1 Å². The molecule has 2 unspecified atom stereocenters. The number of nitrogens with zero attached hydrogens (tertiary/aromatic N) is 2. The lowest BCUT2D eigenvalue weighted by molar-refractivity contribution is -0.124. The average Bonchev–Trinajstić information content (AvgIpc) is 3.43. The first-order chi connectivity index (χ1) is 20.7. The van der Waals surface area contributed by atoms with Crippen LogP contribution in [-0.2, 0) is 15.1 Å². The Morgan fingerprint density at radius 1 is 1.07 bits per heavy atom. The molecule has 2 aromatic heterocycles. The number of carbonyl (C=O) groups is 3. The molecule has 6 rings (SSSR count). The summed E-state index contributed by atoms with van der Waals surface area (Å²) in [6.45, 7) is 3.52. The summed E-state index contributed by atoms with van der Waals surface area (Å²) in [6.07, 6.45) is 6.05. The van der Waals surface area contributed by atoms with Crippen LogP contribution in [0, 0.1) is 0 Å². The summed E-state index contributed by atoms with van der Waals surface area (Å²) in [4.78, 5) is 40.2. The van der Waals surface area contributed by atoms with Gasteiger partial charge < -0.3 is 32.6 Å². The van der Waals surface area contributed by atoms with Crippen molar-refractivity contribution >= 4 is 44.7 Å². The van der Waals surface area contributed by atoms with Gasteiger partial charge in [-0.25, -0.2) is 0 Å². The molecule has 4 atom stereocenters. The smallest absolute Gasteiger partial charge is 0.262 e. The van der Waals surface area contributed by atoms with E-state index in [-0.39, 0.29) is 23.9 Å². The third-order valence-corrected chi connectivity index (χ3v) is 9.45. The number of hydrogen-bond acceptors (Lipinski definition) is 10. The van der Waals surface area contributed by atoms with Crippen LogP contribution in [0.5, 0.6) is 11.6 Å². The number of anilines is 1. The summed E-state index contributed by atoms with van der Waals surface area (Å²) in [6, 6.07) is 11.9. The second-order valence-corrected chi connectivity index (χ2v) is 11.8. The van der Waals surface area contributed by atoms with Crippen LogP contribution in [0.2, 0.25) is 0 Å². The minimum atomic E-state index is -1.60. The van der Waals surface area contributed by atoms with Gasteiger partial charge in [0.2, 0.25) is 11.8 Å². The minimum Gasteiger partial charge on any atom is -0.438 e. The molecule has 11 nitrogen and oxygen atoms in total. The molecule has 0 bridgehead atoms. The molecule has 4 aromatic rings. The van der Waals surface area contributed by atoms with Crippen molar-refractivity contribution < 1.29 is 19.1 Å². The number of aromatic nitrogens is 2. The highest BCUT2D eigenvalue weighted by atomic mass is 32.1. The Morgan fingerprint density at radius 2 is 1.79 bits per heavy atom. The van der Waals surface area contributed by atoms with Crippen LogP contribution < -0.4 is 32.6 Å². The predicted molar refractivity (Wildman–Crippen MR) is 164 cm³/mol. The molecule has 12 heteroatoms. The third-order valence-electron chi connectivity index (χ3n) is 8.19. The first-order valence-electron chi connectivity index (χ1n) is 14.0. The molecule has 8 N–H and O–H groups in total. The van der Waals surface area contributed by atoms with Crippen molar-refractivity contribution in [3.8, 4) is 11.6 Å². The van der Waals surface area contributed by atoms with Gasteiger partial charge in [-0.1, -0.05) is 37.6 Å². The van der Waals surface area contributed by atoms with E-state index < -0.39 is 17.4 Å². The fourth-order valence-corrected chi connectivity index (χ4v) is 7.25. The quantitative estimate of drug-likeness (QED) is 0.157. The number of rotatable bonds is 7. The summed E-state index contributed by atoms with van der Waals surface area (Å²) in [5, 5.41) is 14.4. The van der Waals surface area contributed by atoms with Gasteiger partial charge in [0.1, 0.15) is 11.3 Å². The maximum Gasteiger partial charge on any atom is 0.262 e. The van der Waals surface area contributed by atoms with Crippen LogP contribution in [0.1, 0.15) is 58.1 Å². The molecular formula is C31H31N7O4S. The Morgan fingerprint density at radius 3 is 2.47 bits per heavy atom. The van der Waals surface area contributed by atoms with Crippen LogP contribution >= 0.6 is 11.3 Å². The van der Waals surface area contributed by atoms with Gasteiger partial charge in [0, 0.05) is 41.0 Å². The van der Waals surface area contributed by atoms with Gasteiger partial charge >= 0.3 is 0 Å². The van der Waals surface area contributed by atoms with Crippen molar-refractivity contribution in [2.45, 2.75) is 49.3 Å². The molecule has 0 saturated heterocycles. The molecule has 2 aliphatic rings. The summed E-state index contributed by atoms with van der Waals surface area (Å²) in [5.41, 5.74) is 20.3. The van der Waals surface area contributed by atoms with Crippen molar-refractivity contribution in [3.63, 3.8) is 0 Å². The lowest BCUT2D eigenvalue weighted by atomic mass is 9.70. The Kier molecular flexibility index (Phi) is 7.42. The Bertz CT molecular complexity index is 1740. The monoisotopic (exact) mass is 597 g/mol. The van der Waals surface area contributed by atoms with Crippen LogP contribution in [-0.4, -0.2) is 39.9 Å². The fraction of sp³-hybridized carbons (Fsp3) is 0.258. The van der Waals surface area contributed by atoms with Crippen molar-refractivity contribution in [2.75, 3.05) is 5.73 Å². The van der Waals surface area contributed by atoms with E-state index in [4.69, 9.17) is 21.9 Å². The number of amides is 2. The van der Waals surface area contributed by atoms with Gasteiger partial charge in [0.05, 0.1) is 15.6 Å². The van der Waals surface area contributed by atoms with Gasteiger partial charge in [0.25, 0.3) is 5.91 Å². The largest absolute Gasteiger partial charge is 0.438 e. The van der Waals surface area contributed by atoms with Gasteiger partial charge in [-0.15, -0.1) is 16.4 Å². The molecule has 1 fully saturated rings. The maximum atomic E-state index is 14.1. The van der Waals surface area contributed by atoms with Crippen LogP contribution in [0.15, 0.2) is 67.4 Å². The zero-order chi connectivity index (χ0) is 30.3. The van der Waals surface area contributed by atoms with Crippen LogP contribution in [0.3, 0.4) is 0 Å². The first-order valence-corrected chi connectivity index (χ1v) is 14.8. The van der Waals surface area contributed by atoms with E-state index in [2.05, 4.69) is 27.4 Å². The molecule has 2 amide bonds. The van der Waals surface area contributed by atoms with E-state index in [0.29, 0.717) is 55.4 Å². The molecule has 220 valence electrons. The Hall–Kier alpha value is -4.65. The van der Waals surface area contributed by atoms with Gasteiger partial charge in [-0.2, -0.15) is 5.10 Å². The van der Waals surface area contributed by atoms with Crippen LogP contribution in [0.4, 0.5) is 5.69 Å². The van der Waals surface area contributed by atoms with Crippen molar-refractivity contribution in [3.05, 3.63) is 89.0 Å². The van der Waals surface area contributed by atoms with E-state index >= 15 is 0 Å². The van der Waals surface area contributed by atoms with Crippen molar-refractivity contribution in [2.24, 2.45) is 11.5 Å². The number of ketones is 1. The molecule has 1 saturated carbocycles. The number of benzene rings is 2. The maximum absolute atomic E-state index is 14.1. The second-order valence-electron chi connectivity index (χ2n) is 10.8. The molecule has 2 heterocycles. The van der Waals surface area contributed by atoms with Crippen molar-refractivity contribution in [1.29, 1.82) is 0 Å². The third kappa shape index (κ3) is 4.92. The van der Waals surface area contributed by atoms with Crippen molar-refractivity contribution in [1.82, 2.24) is 20.8 Å². The number of carbonyl (C=O) groups excluding carboxylic acids is 3. The zero-order valence-electron chi connectivity index (χ0n) is 23.2. The highest BCUT2D eigenvalue weighted by Gasteiger charge is 2.49. The SMILES string of the molecule is C=CC(=O)N[C@H]1CCCC[C@H]1NC(=O)c1sc2c(N)ccc3c2c1C(N)C(=O)C3(N)c1ccc(Oc2cccnn2)cc1. The lowest BCUT2D eigenvalue weighted by Gasteiger charge is -2.37. The standard InChI is InChI=1S/C31H31N7O4S/c1-2-22(39)36-20-6-3-4-7-21(20)37-30(41)28-25-24-18(13-14-19(32)27(24)43-28)31(34,29(40)26(25)33)16-9-11-17(12-10-16)42-23-8-5-15-35-38-23/h2,5,8-15,20-21,26H,1,3-4,6-7,32-34H2,(H,36,39)(H,37,41)/t20-,21+,26?,31?/m0/s1. The van der Waals surface area contributed by atoms with E-state index in [1.54, 1.807) is 54.7 Å². The van der Waals surface area contributed by atoms with Gasteiger partial charge in [-0.3, -0.25) is 14.4 Å². The Balaban J connectivity index is 1.37. The predicted octanol–water partition coefficient (Wildman–Crippen LogP) is 3.19. The molecule has 0 aliphatic heterocycles. The number of nitrogen functional groups attached to an aromatic ring is 1. The molecule has 0 radical (unpaired) electrons. The summed E-state index contributed by atoms with van der Waals surface area (Å²) >= 11 is 1.19. The molecule has 0 spiro atoms. The van der Waals surface area contributed by atoms with Gasteiger partial charge in [-0.05, 0) is 54.3 Å². The minimum absolute atomic E-state index is 0.234. The van der Waals surface area contributed by atoms with Gasteiger partial charge in [0.15, 0.2) is 5.78 Å². The summed E-state index contributed by atoms with van der Waals surface area (Å²) in [5.74, 6) is -0.298. The lowest BCUT2D eigenvalue weighted by Crippen LogP contribution is -2.54. The highest BCUT2D eigenvalue weighted by molar-refractivity contribution is 7.21. The number of nitrogens with two attached hydrogens (primary N) is 3. The summed E-state index contributed by atoms with van der Waals surface area (Å²) < 4.78 is 6.38. The summed E-state index contributed by atoms with van der Waals surface area (Å²) in [7, 11) is 0. The van der Waals surface area contributed by atoms with E-state index in [0.717, 1.165) is 19.3 Å². The molecular weight excluding hydrogens is 566 g/mol. The molecule has 43 heavy (non-hydrogen) atoms. The number of ether oxygens (including phenoxy) is 1. The Labute approximate surface area is 251 Å². The first kappa shape index (κ1) is 28.5.